The van der Waals surface area contributed by atoms with Crippen molar-refractivity contribution in [3.63, 3.8) is 0 Å². The smallest absolute Gasteiger partial charge is 0.131 e. The zero-order valence-corrected chi connectivity index (χ0v) is 11.4. The maximum atomic E-state index is 6.07. The zero-order valence-electron chi connectivity index (χ0n) is 11.4. The maximum Gasteiger partial charge on any atom is 0.131 e. The number of ether oxygens (including phenoxy) is 2. The summed E-state index contributed by atoms with van der Waals surface area (Å²) in [6.07, 6.45) is 5.47. The summed E-state index contributed by atoms with van der Waals surface area (Å²) >= 11 is 0. The third kappa shape index (κ3) is 2.51. The molecule has 0 atom stereocenters. The minimum absolute atomic E-state index is 0.397. The summed E-state index contributed by atoms with van der Waals surface area (Å²) in [5, 5.41) is 0. The molecule has 20 heavy (non-hydrogen) atoms. The van der Waals surface area contributed by atoms with Crippen LogP contribution in [0, 0.1) is 0 Å². The van der Waals surface area contributed by atoms with Gasteiger partial charge in [0.05, 0.1) is 17.8 Å². The molecule has 2 aromatic carbocycles. The molecule has 2 heteroatoms. The summed E-state index contributed by atoms with van der Waals surface area (Å²) in [5.74, 6) is 1.91. The van der Waals surface area contributed by atoms with E-state index in [1.54, 1.807) is 0 Å². The van der Waals surface area contributed by atoms with Gasteiger partial charge in [-0.1, -0.05) is 36.4 Å². The van der Waals surface area contributed by atoms with Crippen molar-refractivity contribution in [2.75, 3.05) is 0 Å². The Hall–Kier alpha value is -1.96. The molecule has 102 valence electrons. The first-order valence-corrected chi connectivity index (χ1v) is 7.42. The van der Waals surface area contributed by atoms with Gasteiger partial charge in [-0.3, -0.25) is 0 Å². The molecule has 0 radical (unpaired) electrons. The summed E-state index contributed by atoms with van der Waals surface area (Å²) in [6.45, 7) is 0. The molecule has 0 heterocycles. The molecule has 0 aliphatic heterocycles. The molecule has 0 spiro atoms. The Kier molecular flexibility index (Phi) is 2.87. The topological polar surface area (TPSA) is 18.5 Å². The van der Waals surface area contributed by atoms with Gasteiger partial charge < -0.3 is 9.47 Å². The van der Waals surface area contributed by atoms with Crippen LogP contribution in [-0.4, -0.2) is 12.2 Å². The van der Waals surface area contributed by atoms with Gasteiger partial charge in [-0.15, -0.1) is 0 Å². The highest BCUT2D eigenvalue weighted by Crippen LogP contribution is 2.42. The minimum Gasteiger partial charge on any atom is -0.490 e. The molecule has 0 bridgehead atoms. The van der Waals surface area contributed by atoms with Crippen LogP contribution in [0.1, 0.15) is 25.7 Å². The molecular formula is C18H18O2. The van der Waals surface area contributed by atoms with E-state index in [4.69, 9.17) is 9.47 Å². The lowest BCUT2D eigenvalue weighted by Gasteiger charge is -2.16. The Balaban J connectivity index is 1.77. The average Bonchev–Trinajstić information content (AvgIpc) is 3.36. The fraction of sp³-hybridized carbons (Fsp3) is 0.333. The van der Waals surface area contributed by atoms with Crippen LogP contribution in [0.3, 0.4) is 0 Å². The summed E-state index contributed by atoms with van der Waals surface area (Å²) in [6, 6.07) is 16.5. The SMILES string of the molecule is c1ccc(-c2c(OC3CC3)cccc2OC2CC2)cc1. The van der Waals surface area contributed by atoms with Crippen molar-refractivity contribution in [3.8, 4) is 22.6 Å². The third-order valence-corrected chi connectivity index (χ3v) is 3.69. The van der Waals surface area contributed by atoms with E-state index in [1.807, 2.05) is 12.1 Å². The van der Waals surface area contributed by atoms with Crippen LogP contribution >= 0.6 is 0 Å². The molecule has 2 aromatic rings. The molecule has 0 amide bonds. The first kappa shape index (κ1) is 11.8. The second-order valence-electron chi connectivity index (χ2n) is 5.63. The van der Waals surface area contributed by atoms with Gasteiger partial charge in [-0.2, -0.15) is 0 Å². The van der Waals surface area contributed by atoms with Gasteiger partial charge in [-0.05, 0) is 43.4 Å². The van der Waals surface area contributed by atoms with Crippen molar-refractivity contribution in [3.05, 3.63) is 48.5 Å². The van der Waals surface area contributed by atoms with Gasteiger partial charge in [0.1, 0.15) is 11.5 Å². The number of hydrogen-bond donors (Lipinski definition) is 0. The molecular weight excluding hydrogens is 248 g/mol. The van der Waals surface area contributed by atoms with Crippen LogP contribution < -0.4 is 9.47 Å². The Morgan fingerprint density at radius 2 is 1.20 bits per heavy atom. The average molecular weight is 266 g/mol. The van der Waals surface area contributed by atoms with Crippen LogP contribution in [0.25, 0.3) is 11.1 Å². The lowest BCUT2D eigenvalue weighted by Crippen LogP contribution is -2.02. The first-order chi connectivity index (χ1) is 9.90. The predicted octanol–water partition coefficient (Wildman–Crippen LogP) is 4.44. The Labute approximate surface area is 119 Å². The van der Waals surface area contributed by atoms with E-state index in [0.29, 0.717) is 12.2 Å². The molecule has 2 aliphatic rings. The van der Waals surface area contributed by atoms with E-state index in [1.165, 1.54) is 31.2 Å². The van der Waals surface area contributed by atoms with Gasteiger partial charge in [0, 0.05) is 0 Å². The minimum atomic E-state index is 0.397. The van der Waals surface area contributed by atoms with E-state index < -0.39 is 0 Å². The standard InChI is InChI=1S/C18H18O2/c1-2-5-13(6-3-1)18-16(19-14-9-10-14)7-4-8-17(18)20-15-11-12-15/h1-8,14-15H,9-12H2. The van der Waals surface area contributed by atoms with Crippen molar-refractivity contribution < 1.29 is 9.47 Å². The molecule has 4 rings (SSSR count). The lowest BCUT2D eigenvalue weighted by molar-refractivity contribution is 0.290. The van der Waals surface area contributed by atoms with Crippen molar-refractivity contribution in [1.82, 2.24) is 0 Å². The molecule has 2 saturated carbocycles. The summed E-state index contributed by atoms with van der Waals surface area (Å²) in [5.41, 5.74) is 2.27. The predicted molar refractivity (Wildman–Crippen MR) is 79.2 cm³/mol. The molecule has 0 N–H and O–H groups in total. The molecule has 0 unspecified atom stereocenters. The molecule has 2 nitrogen and oxygen atoms in total. The van der Waals surface area contributed by atoms with Gasteiger partial charge in [0.2, 0.25) is 0 Å². The quantitative estimate of drug-likeness (QED) is 0.796. The summed E-state index contributed by atoms with van der Waals surface area (Å²) < 4.78 is 12.1. The number of rotatable bonds is 5. The fourth-order valence-electron chi connectivity index (χ4n) is 2.33. The highest BCUT2D eigenvalue weighted by atomic mass is 16.5. The molecule has 0 aromatic heterocycles. The van der Waals surface area contributed by atoms with Gasteiger partial charge in [0.15, 0.2) is 0 Å². The van der Waals surface area contributed by atoms with E-state index in [2.05, 4.69) is 36.4 Å². The van der Waals surface area contributed by atoms with Crippen molar-refractivity contribution in [2.45, 2.75) is 37.9 Å². The van der Waals surface area contributed by atoms with Crippen LogP contribution in [-0.2, 0) is 0 Å². The van der Waals surface area contributed by atoms with E-state index >= 15 is 0 Å². The zero-order chi connectivity index (χ0) is 13.4. The number of benzene rings is 2. The Bertz CT molecular complexity index is 566. The van der Waals surface area contributed by atoms with Crippen LogP contribution in [0.5, 0.6) is 11.5 Å². The third-order valence-electron chi connectivity index (χ3n) is 3.69. The molecule has 2 fully saturated rings. The lowest BCUT2D eigenvalue weighted by atomic mass is 10.0. The fourth-order valence-corrected chi connectivity index (χ4v) is 2.33. The number of hydrogen-bond acceptors (Lipinski definition) is 2. The second-order valence-corrected chi connectivity index (χ2v) is 5.63. The summed E-state index contributed by atoms with van der Waals surface area (Å²) in [7, 11) is 0. The van der Waals surface area contributed by atoms with E-state index in [9.17, 15) is 0 Å². The van der Waals surface area contributed by atoms with Crippen molar-refractivity contribution in [1.29, 1.82) is 0 Å². The van der Waals surface area contributed by atoms with Crippen LogP contribution in [0.15, 0.2) is 48.5 Å². The summed E-state index contributed by atoms with van der Waals surface area (Å²) in [4.78, 5) is 0. The van der Waals surface area contributed by atoms with E-state index in [-0.39, 0.29) is 0 Å². The van der Waals surface area contributed by atoms with Gasteiger partial charge in [0.25, 0.3) is 0 Å². The van der Waals surface area contributed by atoms with E-state index in [0.717, 1.165) is 17.1 Å². The largest absolute Gasteiger partial charge is 0.490 e. The van der Waals surface area contributed by atoms with Crippen LogP contribution in [0.2, 0.25) is 0 Å². The first-order valence-electron chi connectivity index (χ1n) is 7.42. The van der Waals surface area contributed by atoms with Crippen LogP contribution in [0.4, 0.5) is 0 Å². The highest BCUT2D eigenvalue weighted by molar-refractivity contribution is 5.77. The Morgan fingerprint density at radius 1 is 0.650 bits per heavy atom. The van der Waals surface area contributed by atoms with Gasteiger partial charge >= 0.3 is 0 Å². The van der Waals surface area contributed by atoms with Gasteiger partial charge in [-0.25, -0.2) is 0 Å². The Morgan fingerprint density at radius 3 is 1.70 bits per heavy atom. The second kappa shape index (κ2) is 4.86. The van der Waals surface area contributed by atoms with Crippen molar-refractivity contribution >= 4 is 0 Å². The molecule has 2 aliphatic carbocycles. The monoisotopic (exact) mass is 266 g/mol. The molecule has 0 saturated heterocycles. The maximum absolute atomic E-state index is 6.07. The normalized spacial score (nSPS) is 17.8. The van der Waals surface area contributed by atoms with Crippen molar-refractivity contribution in [2.24, 2.45) is 0 Å². The highest BCUT2D eigenvalue weighted by Gasteiger charge is 2.28.